The van der Waals surface area contributed by atoms with Crippen molar-refractivity contribution in [2.45, 2.75) is 19.3 Å². The van der Waals surface area contributed by atoms with Crippen molar-refractivity contribution in [3.8, 4) is 0 Å². The molecule has 0 aromatic rings. The highest BCUT2D eigenvalue weighted by atomic mass is 16.1. The van der Waals surface area contributed by atoms with Crippen LogP contribution < -0.4 is 0 Å². The molecule has 0 aliphatic heterocycles. The largest absolute Gasteiger partial charge is 0.303 e. The Morgan fingerprint density at radius 1 is 0.909 bits per heavy atom. The number of hydrogen-bond donors (Lipinski definition) is 0. The van der Waals surface area contributed by atoms with Gasteiger partial charge in [-0.05, 0) is 31.1 Å². The lowest BCUT2D eigenvalue weighted by molar-refractivity contribution is -0.121. The van der Waals surface area contributed by atoms with Crippen LogP contribution in [0.4, 0.5) is 0 Å². The van der Waals surface area contributed by atoms with Crippen LogP contribution in [0, 0.1) is 23.7 Å². The van der Waals surface area contributed by atoms with Crippen molar-refractivity contribution in [1.82, 2.24) is 0 Å². The molecule has 0 radical (unpaired) electrons. The topological polar surface area (TPSA) is 34.1 Å². The lowest BCUT2D eigenvalue weighted by atomic mass is 9.81. The van der Waals surface area contributed by atoms with Crippen molar-refractivity contribution in [2.75, 3.05) is 0 Å². The summed E-state index contributed by atoms with van der Waals surface area (Å²) in [5.74, 6) is 1.19. The first-order valence-electron chi connectivity index (χ1n) is 4.27. The third kappa shape index (κ3) is 0.849. The van der Waals surface area contributed by atoms with Crippen LogP contribution >= 0.6 is 0 Å². The Bertz CT molecular complexity index is 168. The van der Waals surface area contributed by atoms with E-state index in [1.165, 1.54) is 12.8 Å². The molecular weight excluding hydrogens is 140 g/mol. The highest BCUT2D eigenvalue weighted by Crippen LogP contribution is 2.50. The van der Waals surface area contributed by atoms with Crippen LogP contribution in [0.25, 0.3) is 0 Å². The van der Waals surface area contributed by atoms with E-state index >= 15 is 0 Å². The normalized spacial score (nSPS) is 47.6. The van der Waals surface area contributed by atoms with Crippen LogP contribution in [0.1, 0.15) is 19.3 Å². The van der Waals surface area contributed by atoms with E-state index < -0.39 is 0 Å². The van der Waals surface area contributed by atoms with Gasteiger partial charge in [-0.2, -0.15) is 0 Å². The van der Waals surface area contributed by atoms with Gasteiger partial charge in [0.1, 0.15) is 12.6 Å². The van der Waals surface area contributed by atoms with Gasteiger partial charge < -0.3 is 9.59 Å². The fraction of sp³-hybridized carbons (Fsp3) is 0.778. The number of rotatable bonds is 2. The second-order valence-corrected chi connectivity index (χ2v) is 3.76. The first-order chi connectivity index (χ1) is 5.36. The second kappa shape index (κ2) is 2.43. The van der Waals surface area contributed by atoms with Gasteiger partial charge in [-0.1, -0.05) is 0 Å². The highest BCUT2D eigenvalue weighted by molar-refractivity contribution is 5.67. The molecule has 0 unspecified atom stereocenters. The highest BCUT2D eigenvalue weighted by Gasteiger charge is 2.47. The van der Waals surface area contributed by atoms with Crippen molar-refractivity contribution in [3.63, 3.8) is 0 Å². The molecule has 0 heterocycles. The van der Waals surface area contributed by atoms with Gasteiger partial charge in [0.25, 0.3) is 0 Å². The molecular formula is C9H12O2. The lowest BCUT2D eigenvalue weighted by Crippen LogP contribution is -2.24. The molecule has 60 valence electrons. The van der Waals surface area contributed by atoms with Crippen molar-refractivity contribution in [3.05, 3.63) is 0 Å². The third-order valence-electron chi connectivity index (χ3n) is 3.36. The van der Waals surface area contributed by atoms with E-state index in [0.717, 1.165) is 19.0 Å². The van der Waals surface area contributed by atoms with Crippen molar-refractivity contribution >= 4 is 12.6 Å². The molecule has 0 amide bonds. The van der Waals surface area contributed by atoms with Gasteiger partial charge in [0.15, 0.2) is 0 Å². The van der Waals surface area contributed by atoms with Crippen LogP contribution in [0.2, 0.25) is 0 Å². The van der Waals surface area contributed by atoms with Gasteiger partial charge in [0, 0.05) is 11.8 Å². The standard InChI is InChI=1S/C9H12O2/c10-4-8-6-1-2-7(3-6)9(8)5-11/h4-9H,1-3H2/t6-,7+,8-,9-/m1/s1. The lowest BCUT2D eigenvalue weighted by Gasteiger charge is -2.21. The van der Waals surface area contributed by atoms with Crippen molar-refractivity contribution < 1.29 is 9.59 Å². The minimum absolute atomic E-state index is 0.0613. The van der Waals surface area contributed by atoms with Crippen molar-refractivity contribution in [1.29, 1.82) is 0 Å². The zero-order chi connectivity index (χ0) is 7.84. The summed E-state index contributed by atoms with van der Waals surface area (Å²) in [6, 6.07) is 0. The zero-order valence-corrected chi connectivity index (χ0v) is 6.40. The van der Waals surface area contributed by atoms with Gasteiger partial charge in [-0.25, -0.2) is 0 Å². The summed E-state index contributed by atoms with van der Waals surface area (Å²) in [6.45, 7) is 0. The van der Waals surface area contributed by atoms with Gasteiger partial charge in [-0.3, -0.25) is 0 Å². The molecule has 2 aliphatic rings. The van der Waals surface area contributed by atoms with Crippen molar-refractivity contribution in [2.24, 2.45) is 23.7 Å². The summed E-state index contributed by atoms with van der Waals surface area (Å²) in [4.78, 5) is 21.2. The summed E-state index contributed by atoms with van der Waals surface area (Å²) in [6.07, 6.45) is 5.43. The molecule has 2 bridgehead atoms. The summed E-state index contributed by atoms with van der Waals surface area (Å²) in [5.41, 5.74) is 0. The van der Waals surface area contributed by atoms with Crippen LogP contribution in [-0.2, 0) is 9.59 Å². The molecule has 2 nitrogen and oxygen atoms in total. The quantitative estimate of drug-likeness (QED) is 0.554. The van der Waals surface area contributed by atoms with E-state index in [1.54, 1.807) is 0 Å². The molecule has 0 spiro atoms. The molecule has 0 N–H and O–H groups in total. The maximum Gasteiger partial charge on any atom is 0.124 e. The van der Waals surface area contributed by atoms with Gasteiger partial charge in [0.05, 0.1) is 0 Å². The Morgan fingerprint density at radius 2 is 1.36 bits per heavy atom. The molecule has 2 aliphatic carbocycles. The molecule has 2 fully saturated rings. The van der Waals surface area contributed by atoms with Crippen LogP contribution in [0.15, 0.2) is 0 Å². The maximum atomic E-state index is 10.6. The summed E-state index contributed by atoms with van der Waals surface area (Å²) >= 11 is 0. The van der Waals surface area contributed by atoms with Crippen LogP contribution in [-0.4, -0.2) is 12.6 Å². The predicted octanol–water partition coefficient (Wildman–Crippen LogP) is 1.05. The van der Waals surface area contributed by atoms with E-state index in [0.29, 0.717) is 11.8 Å². The fourth-order valence-corrected chi connectivity index (χ4v) is 2.78. The van der Waals surface area contributed by atoms with E-state index in [9.17, 15) is 9.59 Å². The summed E-state index contributed by atoms with van der Waals surface area (Å²) in [5, 5.41) is 0. The Hall–Kier alpha value is -0.660. The molecule has 2 heteroatoms. The number of aldehydes is 2. The third-order valence-corrected chi connectivity index (χ3v) is 3.36. The minimum atomic E-state index is 0.0613. The molecule has 0 aromatic carbocycles. The van der Waals surface area contributed by atoms with Crippen LogP contribution in [0.3, 0.4) is 0 Å². The molecule has 2 saturated carbocycles. The van der Waals surface area contributed by atoms with Crippen LogP contribution in [0.5, 0.6) is 0 Å². The molecule has 11 heavy (non-hydrogen) atoms. The van der Waals surface area contributed by atoms with Gasteiger partial charge in [-0.15, -0.1) is 0 Å². The SMILES string of the molecule is O=C[C@@H]1[C@@H]2CC[C@@H](C2)[C@H]1C=O. The fourth-order valence-electron chi connectivity index (χ4n) is 2.78. The summed E-state index contributed by atoms with van der Waals surface area (Å²) < 4.78 is 0. The second-order valence-electron chi connectivity index (χ2n) is 3.76. The van der Waals surface area contributed by atoms with Gasteiger partial charge >= 0.3 is 0 Å². The zero-order valence-electron chi connectivity index (χ0n) is 6.40. The number of carbonyl (C=O) groups is 2. The Labute approximate surface area is 66.0 Å². The van der Waals surface area contributed by atoms with E-state index in [-0.39, 0.29) is 11.8 Å². The van der Waals surface area contributed by atoms with E-state index in [2.05, 4.69) is 0 Å². The van der Waals surface area contributed by atoms with E-state index in [1.807, 2.05) is 0 Å². The smallest absolute Gasteiger partial charge is 0.124 e. The predicted molar refractivity (Wildman–Crippen MR) is 39.9 cm³/mol. The average Bonchev–Trinajstić information content (AvgIpc) is 2.60. The Balaban J connectivity index is 2.19. The number of carbonyl (C=O) groups excluding carboxylic acids is 2. The Kier molecular flexibility index (Phi) is 1.55. The maximum absolute atomic E-state index is 10.6. The van der Waals surface area contributed by atoms with E-state index in [4.69, 9.17) is 0 Å². The first kappa shape index (κ1) is 7.01. The number of fused-ring (bicyclic) bond motifs is 2. The monoisotopic (exact) mass is 152 g/mol. The molecule has 0 aromatic heterocycles. The Morgan fingerprint density at radius 3 is 1.73 bits per heavy atom. The molecule has 4 atom stereocenters. The van der Waals surface area contributed by atoms with Gasteiger partial charge in [0.2, 0.25) is 0 Å². The average molecular weight is 152 g/mol. The molecule has 0 saturated heterocycles. The molecule has 2 rings (SSSR count). The summed E-state index contributed by atoms with van der Waals surface area (Å²) in [7, 11) is 0. The number of hydrogen-bond acceptors (Lipinski definition) is 2. The first-order valence-corrected chi connectivity index (χ1v) is 4.27. The minimum Gasteiger partial charge on any atom is -0.303 e.